The number of hydrogen-bond acceptors (Lipinski definition) is 5. The number of aromatic nitrogens is 4. The van der Waals surface area contributed by atoms with Crippen LogP contribution in [0.1, 0.15) is 36.9 Å². The molecule has 0 unspecified atom stereocenters. The monoisotopic (exact) mass is 335 g/mol. The highest BCUT2D eigenvalue weighted by Gasteiger charge is 2.33. The molecule has 25 heavy (non-hydrogen) atoms. The van der Waals surface area contributed by atoms with Crippen molar-refractivity contribution in [3.8, 4) is 11.5 Å². The van der Waals surface area contributed by atoms with Crippen LogP contribution in [0.4, 0.5) is 5.95 Å². The standard InChI is InChI=1S/C18H17N5O2/c1-11(2)23-21-18(20-22-23)19-17(24)16-12-7-3-5-9-14(12)25-15-10-6-4-8-13(15)16/h3-11,16H,1-2H3,(H,19,21,24). The van der Waals surface area contributed by atoms with Gasteiger partial charge in [-0.3, -0.25) is 10.1 Å². The van der Waals surface area contributed by atoms with Crippen LogP contribution >= 0.6 is 0 Å². The third-order valence-electron chi connectivity index (χ3n) is 4.07. The van der Waals surface area contributed by atoms with Gasteiger partial charge in [0, 0.05) is 11.1 Å². The summed E-state index contributed by atoms with van der Waals surface area (Å²) in [5.74, 6) is 0.846. The third-order valence-corrected chi connectivity index (χ3v) is 4.07. The van der Waals surface area contributed by atoms with Crippen molar-refractivity contribution in [1.29, 1.82) is 0 Å². The van der Waals surface area contributed by atoms with Gasteiger partial charge in [-0.1, -0.05) is 41.5 Å². The Morgan fingerprint density at radius 2 is 1.68 bits per heavy atom. The molecule has 1 aliphatic heterocycles. The maximum Gasteiger partial charge on any atom is 0.270 e. The number of ether oxygens (including phenoxy) is 1. The van der Waals surface area contributed by atoms with Crippen LogP contribution in [0, 0.1) is 0 Å². The lowest BCUT2D eigenvalue weighted by atomic mass is 9.87. The van der Waals surface area contributed by atoms with E-state index in [-0.39, 0.29) is 17.9 Å². The van der Waals surface area contributed by atoms with E-state index in [1.54, 1.807) is 0 Å². The molecule has 7 heteroatoms. The van der Waals surface area contributed by atoms with E-state index in [9.17, 15) is 4.79 Å². The van der Waals surface area contributed by atoms with Crippen LogP contribution in [0.5, 0.6) is 11.5 Å². The average Bonchev–Trinajstić information content (AvgIpc) is 3.08. The lowest BCUT2D eigenvalue weighted by Gasteiger charge is -2.26. The maximum absolute atomic E-state index is 13.0. The minimum atomic E-state index is -0.493. The van der Waals surface area contributed by atoms with Crippen LogP contribution in [-0.4, -0.2) is 26.1 Å². The van der Waals surface area contributed by atoms with Crippen LogP contribution < -0.4 is 10.1 Å². The van der Waals surface area contributed by atoms with Gasteiger partial charge < -0.3 is 4.74 Å². The summed E-state index contributed by atoms with van der Waals surface area (Å²) in [6, 6.07) is 15.1. The van der Waals surface area contributed by atoms with E-state index in [1.165, 1.54) is 4.80 Å². The predicted molar refractivity (Wildman–Crippen MR) is 91.6 cm³/mol. The molecule has 0 saturated heterocycles. The smallest absolute Gasteiger partial charge is 0.270 e. The van der Waals surface area contributed by atoms with Gasteiger partial charge >= 0.3 is 0 Å². The SMILES string of the molecule is CC(C)n1nnc(NC(=O)C2c3ccccc3Oc3ccccc32)n1. The Morgan fingerprint density at radius 1 is 1.08 bits per heavy atom. The lowest BCUT2D eigenvalue weighted by Crippen LogP contribution is -2.25. The van der Waals surface area contributed by atoms with Crippen LogP contribution in [0.3, 0.4) is 0 Å². The number of hydrogen-bond donors (Lipinski definition) is 1. The van der Waals surface area contributed by atoms with Crippen molar-refractivity contribution in [2.75, 3.05) is 5.32 Å². The van der Waals surface area contributed by atoms with Crippen molar-refractivity contribution in [1.82, 2.24) is 20.2 Å². The number of nitrogens with zero attached hydrogens (tertiary/aromatic N) is 4. The van der Waals surface area contributed by atoms with Crippen molar-refractivity contribution in [3.63, 3.8) is 0 Å². The second kappa shape index (κ2) is 6.01. The highest BCUT2D eigenvalue weighted by atomic mass is 16.5. The largest absolute Gasteiger partial charge is 0.457 e. The van der Waals surface area contributed by atoms with Gasteiger partial charge in [-0.15, -0.1) is 5.10 Å². The Kier molecular flexibility index (Phi) is 3.68. The molecule has 0 aliphatic carbocycles. The second-order valence-electron chi connectivity index (χ2n) is 6.13. The fraction of sp³-hybridized carbons (Fsp3) is 0.222. The van der Waals surface area contributed by atoms with Crippen LogP contribution in [0.25, 0.3) is 0 Å². The Labute approximate surface area is 144 Å². The second-order valence-corrected chi connectivity index (χ2v) is 6.13. The molecular formula is C18H17N5O2. The van der Waals surface area contributed by atoms with Crippen molar-refractivity contribution < 1.29 is 9.53 Å². The minimum absolute atomic E-state index is 0.0719. The van der Waals surface area contributed by atoms with Crippen LogP contribution in [0.2, 0.25) is 0 Å². The molecule has 0 atom stereocenters. The Hall–Kier alpha value is -3.22. The first kappa shape index (κ1) is 15.3. The molecule has 1 amide bonds. The molecule has 126 valence electrons. The Morgan fingerprint density at radius 3 is 2.24 bits per heavy atom. The Balaban J connectivity index is 1.70. The van der Waals surface area contributed by atoms with Crippen molar-refractivity contribution >= 4 is 11.9 Å². The van der Waals surface area contributed by atoms with E-state index in [0.717, 1.165) is 11.1 Å². The number of anilines is 1. The lowest BCUT2D eigenvalue weighted by molar-refractivity contribution is -0.116. The van der Waals surface area contributed by atoms with E-state index < -0.39 is 5.92 Å². The van der Waals surface area contributed by atoms with E-state index >= 15 is 0 Å². The molecule has 0 bridgehead atoms. The summed E-state index contributed by atoms with van der Waals surface area (Å²) >= 11 is 0. The Bertz CT molecular complexity index is 889. The first-order valence-electron chi connectivity index (χ1n) is 8.09. The number of para-hydroxylation sites is 2. The number of amides is 1. The highest BCUT2D eigenvalue weighted by Crippen LogP contribution is 2.44. The molecule has 1 aliphatic rings. The normalized spacial score (nSPS) is 13.1. The van der Waals surface area contributed by atoms with Gasteiger partial charge in [0.05, 0.1) is 12.0 Å². The van der Waals surface area contributed by atoms with Crippen LogP contribution in [0.15, 0.2) is 48.5 Å². The molecule has 2 heterocycles. The van der Waals surface area contributed by atoms with E-state index in [0.29, 0.717) is 11.5 Å². The zero-order valence-electron chi connectivity index (χ0n) is 13.9. The first-order chi connectivity index (χ1) is 12.1. The molecule has 4 rings (SSSR count). The van der Waals surface area contributed by atoms with Gasteiger partial charge in [-0.05, 0) is 31.2 Å². The van der Waals surface area contributed by atoms with Gasteiger partial charge in [-0.25, -0.2) is 0 Å². The number of rotatable bonds is 3. The quantitative estimate of drug-likeness (QED) is 0.795. The summed E-state index contributed by atoms with van der Waals surface area (Å²) in [6.07, 6.45) is 0. The van der Waals surface area contributed by atoms with Gasteiger partial charge in [0.1, 0.15) is 11.5 Å². The molecule has 0 fully saturated rings. The topological polar surface area (TPSA) is 81.9 Å². The summed E-state index contributed by atoms with van der Waals surface area (Å²) in [5, 5.41) is 14.8. The van der Waals surface area contributed by atoms with E-state index in [4.69, 9.17) is 4.74 Å². The number of carbonyl (C=O) groups is 1. The first-order valence-corrected chi connectivity index (χ1v) is 8.09. The van der Waals surface area contributed by atoms with Gasteiger partial charge in [-0.2, -0.15) is 4.80 Å². The number of carbonyl (C=O) groups excluding carboxylic acids is 1. The molecule has 0 radical (unpaired) electrons. The zero-order valence-corrected chi connectivity index (χ0v) is 13.9. The molecule has 0 saturated carbocycles. The molecule has 3 aromatic rings. The van der Waals surface area contributed by atoms with Gasteiger partial charge in [0.2, 0.25) is 5.91 Å². The van der Waals surface area contributed by atoms with Crippen molar-refractivity contribution in [2.24, 2.45) is 0 Å². The fourth-order valence-corrected chi connectivity index (χ4v) is 2.87. The fourth-order valence-electron chi connectivity index (χ4n) is 2.87. The maximum atomic E-state index is 13.0. The number of tetrazole rings is 1. The van der Waals surface area contributed by atoms with Gasteiger partial charge in [0.25, 0.3) is 5.95 Å². The number of benzene rings is 2. The minimum Gasteiger partial charge on any atom is -0.457 e. The summed E-state index contributed by atoms with van der Waals surface area (Å²) in [6.45, 7) is 3.89. The molecule has 2 aromatic carbocycles. The molecule has 1 aromatic heterocycles. The average molecular weight is 335 g/mol. The van der Waals surface area contributed by atoms with E-state index in [1.807, 2.05) is 62.4 Å². The molecule has 0 spiro atoms. The van der Waals surface area contributed by atoms with Gasteiger partial charge in [0.15, 0.2) is 0 Å². The summed E-state index contributed by atoms with van der Waals surface area (Å²) in [5.41, 5.74) is 1.63. The summed E-state index contributed by atoms with van der Waals surface area (Å²) in [7, 11) is 0. The summed E-state index contributed by atoms with van der Waals surface area (Å²) in [4.78, 5) is 14.4. The molecule has 1 N–H and O–H groups in total. The van der Waals surface area contributed by atoms with Crippen molar-refractivity contribution in [2.45, 2.75) is 25.8 Å². The third kappa shape index (κ3) is 2.73. The summed E-state index contributed by atoms with van der Waals surface area (Å²) < 4.78 is 5.92. The van der Waals surface area contributed by atoms with E-state index in [2.05, 4.69) is 20.7 Å². The molecule has 7 nitrogen and oxygen atoms in total. The number of fused-ring (bicyclic) bond motifs is 2. The van der Waals surface area contributed by atoms with Crippen molar-refractivity contribution in [3.05, 3.63) is 59.7 Å². The highest BCUT2D eigenvalue weighted by molar-refractivity contribution is 5.98. The predicted octanol–water partition coefficient (Wildman–Crippen LogP) is 3.13. The van der Waals surface area contributed by atoms with Crippen LogP contribution in [-0.2, 0) is 4.79 Å². The zero-order chi connectivity index (χ0) is 17.4. The number of nitrogens with one attached hydrogen (secondary N) is 1. The molecular weight excluding hydrogens is 318 g/mol.